The molecule has 2 heterocycles. The van der Waals surface area contributed by atoms with Crippen LogP contribution in [0.4, 0.5) is 17.3 Å². The van der Waals surface area contributed by atoms with Crippen LogP contribution < -0.4 is 21.3 Å². The van der Waals surface area contributed by atoms with Crippen molar-refractivity contribution in [2.24, 2.45) is 5.92 Å². The number of nitrogens with two attached hydrogens (primary N) is 1. The van der Waals surface area contributed by atoms with Crippen molar-refractivity contribution < 1.29 is 29.3 Å². The molecule has 0 aromatic carbocycles. The summed E-state index contributed by atoms with van der Waals surface area (Å²) in [6.45, 7) is 3.31. The Morgan fingerprint density at radius 1 is 1.33 bits per heavy atom. The van der Waals surface area contributed by atoms with E-state index in [2.05, 4.69) is 37.3 Å². The number of amides is 1. The maximum absolute atomic E-state index is 12.2. The van der Waals surface area contributed by atoms with Crippen molar-refractivity contribution in [3.8, 4) is 11.8 Å². The van der Waals surface area contributed by atoms with Crippen LogP contribution in [0.2, 0.25) is 0 Å². The first-order valence-corrected chi connectivity index (χ1v) is 11.8. The number of esters is 1. The Labute approximate surface area is 211 Å². The molecule has 0 spiro atoms. The van der Waals surface area contributed by atoms with Gasteiger partial charge >= 0.3 is 5.97 Å². The second-order valence-corrected chi connectivity index (χ2v) is 8.32. The minimum atomic E-state index is -1.39. The topological polar surface area (TPSA) is 175 Å². The molecule has 200 valence electrons. The maximum Gasteiger partial charge on any atom is 0.308 e. The van der Waals surface area contributed by atoms with Gasteiger partial charge in [-0.2, -0.15) is 0 Å². The number of nitrogens with one attached hydrogen (secondary N) is 2. The molecular formula is C23H37N7O6. The monoisotopic (exact) mass is 507 g/mol. The van der Waals surface area contributed by atoms with Gasteiger partial charge in [-0.15, -0.1) is 0 Å². The number of aromatic nitrogens is 2. The lowest BCUT2D eigenvalue weighted by molar-refractivity contribution is -0.147. The zero-order valence-electron chi connectivity index (χ0n) is 21.3. The number of ether oxygens (including phenoxy) is 2. The highest BCUT2D eigenvalue weighted by Crippen LogP contribution is 2.27. The van der Waals surface area contributed by atoms with Crippen LogP contribution in [0.25, 0.3) is 0 Å². The fourth-order valence-electron chi connectivity index (χ4n) is 3.75. The van der Waals surface area contributed by atoms with Crippen LogP contribution in [0.3, 0.4) is 0 Å². The van der Waals surface area contributed by atoms with Gasteiger partial charge in [0.1, 0.15) is 18.5 Å². The summed E-state index contributed by atoms with van der Waals surface area (Å²) >= 11 is 0. The zero-order chi connectivity index (χ0) is 26.7. The second-order valence-electron chi connectivity index (χ2n) is 8.32. The molecular weight excluding hydrogens is 470 g/mol. The van der Waals surface area contributed by atoms with Crippen LogP contribution in [0.15, 0.2) is 0 Å². The molecule has 1 fully saturated rings. The quantitative estimate of drug-likeness (QED) is 0.135. The number of methoxy groups -OCH3 is 1. The molecule has 0 bridgehead atoms. The summed E-state index contributed by atoms with van der Waals surface area (Å²) in [6, 6.07) is 0. The molecule has 0 aliphatic carbocycles. The number of hydrogen-bond acceptors (Lipinski definition) is 12. The van der Waals surface area contributed by atoms with Crippen LogP contribution in [0.5, 0.6) is 0 Å². The lowest BCUT2D eigenvalue weighted by Crippen LogP contribution is -2.47. The Kier molecular flexibility index (Phi) is 11.6. The number of likely N-dealkylation sites (N-methyl/N-ethyl adjacent to an activating group) is 1. The summed E-state index contributed by atoms with van der Waals surface area (Å²) < 4.78 is 10.4. The van der Waals surface area contributed by atoms with E-state index in [1.54, 1.807) is 25.9 Å². The van der Waals surface area contributed by atoms with E-state index in [9.17, 15) is 19.8 Å². The number of nitrogens with zero attached hydrogens (tertiary/aromatic N) is 4. The molecule has 0 radical (unpaired) electrons. The Morgan fingerprint density at radius 3 is 2.61 bits per heavy atom. The van der Waals surface area contributed by atoms with Gasteiger partial charge in [-0.05, 0) is 38.8 Å². The van der Waals surface area contributed by atoms with E-state index in [0.29, 0.717) is 24.6 Å². The predicted molar refractivity (Wildman–Crippen MR) is 134 cm³/mol. The molecule has 13 nitrogen and oxygen atoms in total. The third kappa shape index (κ3) is 7.92. The number of aliphatic hydroxyl groups excluding tert-OH is 2. The average Bonchev–Trinajstić information content (AvgIpc) is 2.88. The average molecular weight is 508 g/mol. The number of carbonyl (C=O) groups is 2. The van der Waals surface area contributed by atoms with Crippen LogP contribution in [-0.2, 0) is 19.1 Å². The Morgan fingerprint density at radius 2 is 2.03 bits per heavy atom. The number of anilines is 3. The van der Waals surface area contributed by atoms with Crippen molar-refractivity contribution in [3.63, 3.8) is 0 Å². The van der Waals surface area contributed by atoms with Gasteiger partial charge in [0.15, 0.2) is 17.7 Å². The van der Waals surface area contributed by atoms with E-state index in [4.69, 9.17) is 15.2 Å². The number of hydrogen-bond donors (Lipinski definition) is 5. The SMILES string of the molecule is CCNC(=O)C(OCN(C)c1nc(C#CCN2CCC(C(=O)OC)CC2)nc(N)c1NC)[C@H](O)CO. The van der Waals surface area contributed by atoms with Crippen molar-refractivity contribution in [2.75, 3.05) is 76.7 Å². The summed E-state index contributed by atoms with van der Waals surface area (Å²) in [7, 11) is 4.75. The van der Waals surface area contributed by atoms with Crippen LogP contribution in [-0.4, -0.2) is 110 Å². The highest BCUT2D eigenvalue weighted by molar-refractivity contribution is 5.81. The molecule has 1 aromatic rings. The van der Waals surface area contributed by atoms with Crippen molar-refractivity contribution in [1.82, 2.24) is 20.2 Å². The molecule has 13 heteroatoms. The van der Waals surface area contributed by atoms with Gasteiger partial charge in [0.05, 0.1) is 26.2 Å². The first kappa shape index (κ1) is 29.1. The molecule has 2 atom stereocenters. The summed E-state index contributed by atoms with van der Waals surface area (Å²) in [4.78, 5) is 36.4. The van der Waals surface area contributed by atoms with Gasteiger partial charge in [-0.25, -0.2) is 9.97 Å². The molecule has 1 aliphatic rings. The lowest BCUT2D eigenvalue weighted by atomic mass is 9.97. The Hall–Kier alpha value is -3.18. The van der Waals surface area contributed by atoms with Gasteiger partial charge in [0.25, 0.3) is 5.91 Å². The summed E-state index contributed by atoms with van der Waals surface area (Å²) in [6.07, 6.45) is -1.20. The van der Waals surface area contributed by atoms with E-state index < -0.39 is 24.7 Å². The molecule has 36 heavy (non-hydrogen) atoms. The van der Waals surface area contributed by atoms with Crippen LogP contribution >= 0.6 is 0 Å². The third-order valence-corrected chi connectivity index (χ3v) is 5.75. The lowest BCUT2D eigenvalue weighted by Gasteiger charge is -2.28. The highest BCUT2D eigenvalue weighted by Gasteiger charge is 2.28. The molecule has 6 N–H and O–H groups in total. The van der Waals surface area contributed by atoms with E-state index in [1.807, 2.05) is 0 Å². The Bertz CT molecular complexity index is 943. The number of nitrogen functional groups attached to an aromatic ring is 1. The normalized spacial score (nSPS) is 15.8. The molecule has 1 aromatic heterocycles. The number of likely N-dealkylation sites (tertiary alicyclic amines) is 1. The zero-order valence-corrected chi connectivity index (χ0v) is 21.3. The predicted octanol–water partition coefficient (Wildman–Crippen LogP) is -1.39. The third-order valence-electron chi connectivity index (χ3n) is 5.75. The summed E-state index contributed by atoms with van der Waals surface area (Å²) in [5.41, 5.74) is 6.57. The van der Waals surface area contributed by atoms with Gasteiger partial charge in [-0.1, -0.05) is 5.92 Å². The molecule has 0 saturated carbocycles. The maximum atomic E-state index is 12.2. The van der Waals surface area contributed by atoms with E-state index >= 15 is 0 Å². The van der Waals surface area contributed by atoms with Gasteiger partial charge in [-0.3, -0.25) is 14.5 Å². The summed E-state index contributed by atoms with van der Waals surface area (Å²) in [5.74, 6) is 6.01. The smallest absolute Gasteiger partial charge is 0.308 e. The van der Waals surface area contributed by atoms with E-state index in [0.717, 1.165) is 25.9 Å². The number of piperidine rings is 1. The molecule has 1 saturated heterocycles. The summed E-state index contributed by atoms with van der Waals surface area (Å²) in [5, 5.41) is 24.8. The number of carbonyl (C=O) groups excluding carboxylic acids is 2. The first-order chi connectivity index (χ1) is 17.2. The van der Waals surface area contributed by atoms with Crippen molar-refractivity contribution >= 4 is 29.2 Å². The largest absolute Gasteiger partial charge is 0.469 e. The van der Waals surface area contributed by atoms with Crippen LogP contribution in [0.1, 0.15) is 25.6 Å². The minimum absolute atomic E-state index is 0.0668. The highest BCUT2D eigenvalue weighted by atomic mass is 16.5. The minimum Gasteiger partial charge on any atom is -0.469 e. The van der Waals surface area contributed by atoms with Gasteiger partial charge in [0.2, 0.25) is 5.82 Å². The Balaban J connectivity index is 2.09. The van der Waals surface area contributed by atoms with Crippen molar-refractivity contribution in [3.05, 3.63) is 5.82 Å². The molecule has 2 rings (SSSR count). The van der Waals surface area contributed by atoms with Crippen molar-refractivity contribution in [1.29, 1.82) is 0 Å². The molecule has 1 unspecified atom stereocenters. The van der Waals surface area contributed by atoms with Gasteiger partial charge < -0.3 is 41.0 Å². The number of rotatable bonds is 11. The van der Waals surface area contributed by atoms with Crippen molar-refractivity contribution in [2.45, 2.75) is 32.0 Å². The number of aliphatic hydroxyl groups is 2. The molecule has 1 amide bonds. The second kappa shape index (κ2) is 14.4. The van der Waals surface area contributed by atoms with Crippen LogP contribution in [0, 0.1) is 17.8 Å². The van der Waals surface area contributed by atoms with Gasteiger partial charge in [0, 0.05) is 20.6 Å². The fourth-order valence-corrected chi connectivity index (χ4v) is 3.75. The van der Waals surface area contributed by atoms with E-state index in [1.165, 1.54) is 7.11 Å². The first-order valence-electron chi connectivity index (χ1n) is 11.8. The molecule has 1 aliphatic heterocycles. The van der Waals surface area contributed by atoms with E-state index in [-0.39, 0.29) is 30.3 Å². The standard InChI is InChI=1S/C23H37N7O6/c1-5-26-22(33)19(16(32)13-31)36-14-29(3)21-18(25-2)20(24)27-17(28-21)7-6-10-30-11-8-15(9-12-30)23(34)35-4/h15-16,19,25,31-32H,5,8-14H2,1-4H3,(H,26,33)(H2,24,27,28)/t16-,19?/m1/s1. The fraction of sp³-hybridized carbons (Fsp3) is 0.652.